The number of benzene rings is 1. The largest absolute Gasteiger partial charge is 0.395 e. The molecule has 0 aliphatic heterocycles. The molecule has 0 aliphatic carbocycles. The zero-order chi connectivity index (χ0) is 15.2. The highest BCUT2D eigenvalue weighted by molar-refractivity contribution is 5.34. The molecule has 0 fully saturated rings. The van der Waals surface area contributed by atoms with Crippen LogP contribution < -0.4 is 5.32 Å². The Balaban J connectivity index is 2.01. The summed E-state index contributed by atoms with van der Waals surface area (Å²) in [5.41, 5.74) is 0.446. The number of non-ortho nitro benzene ring substituents is 1. The molecule has 0 spiro atoms. The maximum Gasteiger partial charge on any atom is 0.269 e. The van der Waals surface area contributed by atoms with Crippen LogP contribution in [0.15, 0.2) is 36.7 Å². The van der Waals surface area contributed by atoms with E-state index in [0.29, 0.717) is 17.9 Å². The second-order valence-electron chi connectivity index (χ2n) is 4.50. The van der Waals surface area contributed by atoms with Crippen molar-refractivity contribution >= 4 is 5.69 Å². The van der Waals surface area contributed by atoms with Crippen LogP contribution in [0.5, 0.6) is 0 Å². The lowest BCUT2D eigenvalue weighted by atomic mass is 10.0. The van der Waals surface area contributed by atoms with Crippen LogP contribution in [-0.4, -0.2) is 37.8 Å². The number of hydrogen-bond donors (Lipinski definition) is 4. The van der Waals surface area contributed by atoms with Gasteiger partial charge in [-0.3, -0.25) is 10.1 Å². The first-order valence-electron chi connectivity index (χ1n) is 6.36. The van der Waals surface area contributed by atoms with Crippen molar-refractivity contribution in [2.24, 2.45) is 0 Å². The SMILES string of the molecule is O=[N+]([O-])c1ccc(C(O)C(CO)NCc2ncc[nH]2)cc1. The summed E-state index contributed by atoms with van der Waals surface area (Å²) in [5.74, 6) is 0.685. The summed E-state index contributed by atoms with van der Waals surface area (Å²) in [7, 11) is 0. The first-order valence-corrected chi connectivity index (χ1v) is 6.36. The highest BCUT2D eigenvalue weighted by atomic mass is 16.6. The molecular formula is C13H16N4O4. The van der Waals surface area contributed by atoms with Gasteiger partial charge in [-0.15, -0.1) is 0 Å². The Morgan fingerprint density at radius 1 is 1.38 bits per heavy atom. The number of aliphatic hydroxyl groups is 2. The summed E-state index contributed by atoms with van der Waals surface area (Å²) >= 11 is 0. The fraction of sp³-hybridized carbons (Fsp3) is 0.308. The Bertz CT molecular complexity index is 570. The quantitative estimate of drug-likeness (QED) is 0.435. The maximum atomic E-state index is 10.6. The number of aliphatic hydroxyl groups excluding tert-OH is 2. The zero-order valence-electron chi connectivity index (χ0n) is 11.1. The fourth-order valence-electron chi connectivity index (χ4n) is 1.92. The molecule has 1 aromatic heterocycles. The van der Waals surface area contributed by atoms with Crippen LogP contribution >= 0.6 is 0 Å². The van der Waals surface area contributed by atoms with Crippen molar-refractivity contribution in [2.75, 3.05) is 6.61 Å². The second kappa shape index (κ2) is 6.93. The van der Waals surface area contributed by atoms with E-state index < -0.39 is 17.1 Å². The molecule has 0 saturated carbocycles. The molecule has 8 heteroatoms. The van der Waals surface area contributed by atoms with E-state index in [0.717, 1.165) is 0 Å². The third kappa shape index (κ3) is 3.85. The van der Waals surface area contributed by atoms with Gasteiger partial charge in [0, 0.05) is 24.5 Å². The van der Waals surface area contributed by atoms with Crippen LogP contribution in [0.4, 0.5) is 5.69 Å². The predicted octanol–water partition coefficient (Wildman–Crippen LogP) is 0.502. The van der Waals surface area contributed by atoms with Crippen LogP contribution in [0.25, 0.3) is 0 Å². The summed E-state index contributed by atoms with van der Waals surface area (Å²) in [4.78, 5) is 17.0. The number of aromatic amines is 1. The van der Waals surface area contributed by atoms with E-state index in [1.165, 1.54) is 24.3 Å². The third-order valence-electron chi connectivity index (χ3n) is 3.11. The number of nitrogens with one attached hydrogen (secondary N) is 2. The Morgan fingerprint density at radius 3 is 2.62 bits per heavy atom. The lowest BCUT2D eigenvalue weighted by Gasteiger charge is -2.22. The fourth-order valence-corrected chi connectivity index (χ4v) is 1.92. The Hall–Kier alpha value is -2.29. The molecule has 0 bridgehead atoms. The molecular weight excluding hydrogens is 276 g/mol. The second-order valence-corrected chi connectivity index (χ2v) is 4.50. The van der Waals surface area contributed by atoms with E-state index in [-0.39, 0.29) is 12.3 Å². The number of rotatable bonds is 7. The normalized spacial score (nSPS) is 13.8. The van der Waals surface area contributed by atoms with Crippen LogP contribution in [0, 0.1) is 10.1 Å². The number of aromatic nitrogens is 2. The molecule has 0 amide bonds. The molecule has 21 heavy (non-hydrogen) atoms. The number of nitro groups is 1. The van der Waals surface area contributed by atoms with Gasteiger partial charge in [0.1, 0.15) is 5.82 Å². The molecule has 1 aromatic carbocycles. The average Bonchev–Trinajstić information content (AvgIpc) is 3.01. The van der Waals surface area contributed by atoms with Gasteiger partial charge in [0.2, 0.25) is 0 Å². The molecule has 2 atom stereocenters. The van der Waals surface area contributed by atoms with Gasteiger partial charge in [-0.2, -0.15) is 0 Å². The molecule has 0 radical (unpaired) electrons. The number of nitro benzene ring substituents is 1. The minimum Gasteiger partial charge on any atom is -0.395 e. The molecule has 2 aromatic rings. The van der Waals surface area contributed by atoms with Gasteiger partial charge in [-0.25, -0.2) is 4.98 Å². The maximum absolute atomic E-state index is 10.6. The van der Waals surface area contributed by atoms with E-state index in [4.69, 9.17) is 0 Å². The minimum atomic E-state index is -0.981. The number of hydrogen-bond acceptors (Lipinski definition) is 6. The summed E-state index contributed by atoms with van der Waals surface area (Å²) < 4.78 is 0. The van der Waals surface area contributed by atoms with Gasteiger partial charge < -0.3 is 20.5 Å². The molecule has 2 unspecified atom stereocenters. The Labute approximate surface area is 120 Å². The predicted molar refractivity (Wildman–Crippen MR) is 74.4 cm³/mol. The first-order chi connectivity index (χ1) is 10.1. The molecule has 2 rings (SSSR count). The monoisotopic (exact) mass is 292 g/mol. The van der Waals surface area contributed by atoms with E-state index in [1.807, 2.05) is 0 Å². The van der Waals surface area contributed by atoms with E-state index in [1.54, 1.807) is 12.4 Å². The molecule has 8 nitrogen and oxygen atoms in total. The standard InChI is InChI=1S/C13H16N4O4/c18-8-11(16-7-12-14-5-6-15-12)13(19)9-1-3-10(4-2-9)17(20)21/h1-6,11,13,16,18-19H,7-8H2,(H,14,15). The number of H-pyrrole nitrogens is 1. The minimum absolute atomic E-state index is 0.0463. The van der Waals surface area contributed by atoms with Crippen LogP contribution in [-0.2, 0) is 6.54 Å². The van der Waals surface area contributed by atoms with E-state index in [2.05, 4.69) is 15.3 Å². The van der Waals surface area contributed by atoms with Gasteiger partial charge in [0.15, 0.2) is 0 Å². The van der Waals surface area contributed by atoms with Gasteiger partial charge in [0.05, 0.1) is 30.2 Å². The van der Waals surface area contributed by atoms with Crippen molar-refractivity contribution in [3.63, 3.8) is 0 Å². The van der Waals surface area contributed by atoms with Crippen molar-refractivity contribution in [2.45, 2.75) is 18.7 Å². The highest BCUT2D eigenvalue weighted by Gasteiger charge is 2.20. The average molecular weight is 292 g/mol. The van der Waals surface area contributed by atoms with Crippen molar-refractivity contribution < 1.29 is 15.1 Å². The van der Waals surface area contributed by atoms with Crippen molar-refractivity contribution in [1.29, 1.82) is 0 Å². The van der Waals surface area contributed by atoms with Crippen molar-refractivity contribution in [3.8, 4) is 0 Å². The lowest BCUT2D eigenvalue weighted by molar-refractivity contribution is -0.384. The Kier molecular flexibility index (Phi) is 4.99. The van der Waals surface area contributed by atoms with Gasteiger partial charge >= 0.3 is 0 Å². The summed E-state index contributed by atoms with van der Waals surface area (Å²) in [6.45, 7) is 0.0845. The zero-order valence-corrected chi connectivity index (χ0v) is 11.1. The summed E-state index contributed by atoms with van der Waals surface area (Å²) in [6, 6.07) is 4.98. The smallest absolute Gasteiger partial charge is 0.269 e. The van der Waals surface area contributed by atoms with E-state index >= 15 is 0 Å². The van der Waals surface area contributed by atoms with Gasteiger partial charge in [0.25, 0.3) is 5.69 Å². The molecule has 4 N–H and O–H groups in total. The van der Waals surface area contributed by atoms with Crippen LogP contribution in [0.2, 0.25) is 0 Å². The molecule has 0 aliphatic rings. The summed E-state index contributed by atoms with van der Waals surface area (Å²) in [6.07, 6.45) is 2.31. The van der Waals surface area contributed by atoms with Crippen LogP contribution in [0.3, 0.4) is 0 Å². The van der Waals surface area contributed by atoms with Gasteiger partial charge in [-0.1, -0.05) is 0 Å². The number of imidazole rings is 1. The third-order valence-corrected chi connectivity index (χ3v) is 3.11. The van der Waals surface area contributed by atoms with E-state index in [9.17, 15) is 20.3 Å². The van der Waals surface area contributed by atoms with Crippen LogP contribution in [0.1, 0.15) is 17.5 Å². The van der Waals surface area contributed by atoms with Crippen molar-refractivity contribution in [1.82, 2.24) is 15.3 Å². The first kappa shape index (κ1) is 15.1. The van der Waals surface area contributed by atoms with Gasteiger partial charge in [-0.05, 0) is 17.7 Å². The molecule has 112 valence electrons. The summed E-state index contributed by atoms with van der Waals surface area (Å²) in [5, 5.41) is 33.1. The molecule has 0 saturated heterocycles. The Morgan fingerprint density at radius 2 is 2.10 bits per heavy atom. The van der Waals surface area contributed by atoms with Crippen molar-refractivity contribution in [3.05, 3.63) is 58.2 Å². The topological polar surface area (TPSA) is 124 Å². The molecule has 1 heterocycles. The lowest BCUT2D eigenvalue weighted by Crippen LogP contribution is -2.37. The number of nitrogens with zero attached hydrogens (tertiary/aromatic N) is 2. The highest BCUT2D eigenvalue weighted by Crippen LogP contribution is 2.20.